The summed E-state index contributed by atoms with van der Waals surface area (Å²) in [5.41, 5.74) is 1.78. The molecule has 6 nitrogen and oxygen atoms in total. The Morgan fingerprint density at radius 1 is 0.967 bits per heavy atom. The maximum absolute atomic E-state index is 12.6. The lowest BCUT2D eigenvalue weighted by atomic mass is 10.2. The summed E-state index contributed by atoms with van der Waals surface area (Å²) in [4.78, 5) is 30.7. The number of rotatable bonds is 7. The molecule has 3 rings (SSSR count). The monoisotopic (exact) mass is 448 g/mol. The van der Waals surface area contributed by atoms with Crippen LogP contribution in [0.5, 0.6) is 0 Å². The Balaban J connectivity index is 1.40. The van der Waals surface area contributed by atoms with Gasteiger partial charge in [0.2, 0.25) is 11.8 Å². The summed E-state index contributed by atoms with van der Waals surface area (Å²) in [6.07, 6.45) is 0. The molecular formula is C22H26Cl2N4O2. The Bertz CT molecular complexity index is 868. The number of benzene rings is 2. The van der Waals surface area contributed by atoms with Gasteiger partial charge in [-0.2, -0.15) is 0 Å². The van der Waals surface area contributed by atoms with Crippen molar-refractivity contribution in [1.82, 2.24) is 14.7 Å². The highest BCUT2D eigenvalue weighted by Crippen LogP contribution is 2.20. The average molecular weight is 449 g/mol. The number of carbonyl (C=O) groups excluding carboxylic acids is 2. The standard InChI is InChI=1S/C22H26Cl2N4O2/c1-26(15-21(29)25-20-5-3-2-4-19(20)24)16-22(30)28-12-10-27(11-13-28)14-17-6-8-18(23)9-7-17/h2-9H,10-16H2,1H3,(H,25,29). The second kappa shape index (κ2) is 10.8. The predicted octanol–water partition coefficient (Wildman–Crippen LogP) is 3.21. The molecule has 0 saturated carbocycles. The summed E-state index contributed by atoms with van der Waals surface area (Å²) < 4.78 is 0. The molecule has 2 aromatic rings. The lowest BCUT2D eigenvalue weighted by Gasteiger charge is -2.35. The van der Waals surface area contributed by atoms with Gasteiger partial charge < -0.3 is 10.2 Å². The number of hydrogen-bond donors (Lipinski definition) is 1. The van der Waals surface area contributed by atoms with E-state index in [2.05, 4.69) is 10.2 Å². The van der Waals surface area contributed by atoms with E-state index < -0.39 is 0 Å². The van der Waals surface area contributed by atoms with Crippen LogP contribution >= 0.6 is 23.2 Å². The maximum atomic E-state index is 12.6. The maximum Gasteiger partial charge on any atom is 0.238 e. The molecule has 0 bridgehead atoms. The first-order valence-electron chi connectivity index (χ1n) is 9.88. The minimum absolute atomic E-state index is 0.0363. The Morgan fingerprint density at radius 3 is 2.30 bits per heavy atom. The van der Waals surface area contributed by atoms with E-state index in [4.69, 9.17) is 23.2 Å². The zero-order chi connectivity index (χ0) is 21.5. The summed E-state index contributed by atoms with van der Waals surface area (Å²) in [5.74, 6) is -0.166. The molecule has 1 heterocycles. The van der Waals surface area contributed by atoms with Crippen LogP contribution in [0.4, 0.5) is 5.69 Å². The van der Waals surface area contributed by atoms with Crippen molar-refractivity contribution in [1.29, 1.82) is 0 Å². The zero-order valence-corrected chi connectivity index (χ0v) is 18.5. The van der Waals surface area contributed by atoms with Gasteiger partial charge >= 0.3 is 0 Å². The summed E-state index contributed by atoms with van der Waals surface area (Å²) in [6.45, 7) is 4.19. The minimum Gasteiger partial charge on any atom is -0.339 e. The SMILES string of the molecule is CN(CC(=O)Nc1ccccc1Cl)CC(=O)N1CCN(Cc2ccc(Cl)cc2)CC1. The van der Waals surface area contributed by atoms with Gasteiger partial charge in [0.05, 0.1) is 23.8 Å². The minimum atomic E-state index is -0.203. The number of anilines is 1. The second-order valence-electron chi connectivity index (χ2n) is 7.48. The van der Waals surface area contributed by atoms with E-state index >= 15 is 0 Å². The third-order valence-electron chi connectivity index (χ3n) is 5.01. The van der Waals surface area contributed by atoms with Gasteiger partial charge in [0.1, 0.15) is 0 Å². The second-order valence-corrected chi connectivity index (χ2v) is 8.33. The molecule has 0 spiro atoms. The molecule has 0 aliphatic carbocycles. The molecule has 2 aromatic carbocycles. The van der Waals surface area contributed by atoms with E-state index in [1.165, 1.54) is 5.56 Å². The lowest BCUT2D eigenvalue weighted by molar-refractivity contribution is -0.134. The molecule has 160 valence electrons. The van der Waals surface area contributed by atoms with E-state index in [1.807, 2.05) is 29.2 Å². The fourth-order valence-electron chi connectivity index (χ4n) is 3.39. The van der Waals surface area contributed by atoms with Crippen LogP contribution in [-0.4, -0.2) is 72.8 Å². The van der Waals surface area contributed by atoms with Crippen LogP contribution in [0.15, 0.2) is 48.5 Å². The fraction of sp³-hybridized carbons (Fsp3) is 0.364. The van der Waals surface area contributed by atoms with Crippen molar-refractivity contribution in [2.24, 2.45) is 0 Å². The van der Waals surface area contributed by atoms with Crippen LogP contribution in [-0.2, 0) is 16.1 Å². The average Bonchev–Trinajstić information content (AvgIpc) is 2.72. The van der Waals surface area contributed by atoms with Crippen LogP contribution in [0.1, 0.15) is 5.56 Å². The van der Waals surface area contributed by atoms with Crippen molar-refractivity contribution in [3.8, 4) is 0 Å². The molecule has 1 N–H and O–H groups in total. The van der Waals surface area contributed by atoms with Crippen molar-refractivity contribution in [2.45, 2.75) is 6.54 Å². The number of likely N-dealkylation sites (N-methyl/N-ethyl adjacent to an activating group) is 1. The van der Waals surface area contributed by atoms with E-state index in [0.717, 1.165) is 24.7 Å². The Kier molecular flexibility index (Phi) is 8.10. The van der Waals surface area contributed by atoms with E-state index in [9.17, 15) is 9.59 Å². The normalized spacial score (nSPS) is 14.7. The number of amides is 2. The van der Waals surface area contributed by atoms with Crippen LogP contribution < -0.4 is 5.32 Å². The van der Waals surface area contributed by atoms with Crippen molar-refractivity contribution in [2.75, 3.05) is 51.6 Å². The first-order chi connectivity index (χ1) is 14.4. The summed E-state index contributed by atoms with van der Waals surface area (Å²) >= 11 is 12.0. The molecule has 30 heavy (non-hydrogen) atoms. The number of hydrogen-bond acceptors (Lipinski definition) is 4. The van der Waals surface area contributed by atoms with Crippen LogP contribution in [0.2, 0.25) is 10.0 Å². The molecule has 1 aliphatic heterocycles. The molecule has 0 radical (unpaired) electrons. The molecule has 0 atom stereocenters. The smallest absolute Gasteiger partial charge is 0.238 e. The number of halogens is 2. The molecule has 8 heteroatoms. The number of nitrogens with one attached hydrogen (secondary N) is 1. The topological polar surface area (TPSA) is 55.9 Å². The van der Waals surface area contributed by atoms with E-state index in [1.54, 1.807) is 36.2 Å². The first kappa shape index (κ1) is 22.6. The van der Waals surface area contributed by atoms with Gasteiger partial charge in [-0.1, -0.05) is 47.5 Å². The quantitative estimate of drug-likeness (QED) is 0.706. The van der Waals surface area contributed by atoms with Gasteiger partial charge in [-0.05, 0) is 36.9 Å². The van der Waals surface area contributed by atoms with Gasteiger partial charge in [0.25, 0.3) is 0 Å². The number of carbonyl (C=O) groups is 2. The van der Waals surface area contributed by atoms with Crippen LogP contribution in [0, 0.1) is 0 Å². The third kappa shape index (κ3) is 6.71. The molecule has 1 aliphatic rings. The van der Waals surface area contributed by atoms with Crippen molar-refractivity contribution in [3.05, 3.63) is 64.1 Å². The lowest BCUT2D eigenvalue weighted by Crippen LogP contribution is -2.51. The van der Waals surface area contributed by atoms with Crippen molar-refractivity contribution in [3.63, 3.8) is 0 Å². The van der Waals surface area contributed by atoms with Gasteiger partial charge in [-0.3, -0.25) is 19.4 Å². The molecular weight excluding hydrogens is 423 g/mol. The largest absolute Gasteiger partial charge is 0.339 e. The van der Waals surface area contributed by atoms with Gasteiger partial charge in [-0.15, -0.1) is 0 Å². The number of piperazine rings is 1. The van der Waals surface area contributed by atoms with E-state index in [-0.39, 0.29) is 24.9 Å². The molecule has 2 amide bonds. The molecule has 1 saturated heterocycles. The summed E-state index contributed by atoms with van der Waals surface area (Å²) in [5, 5.41) is 4.00. The zero-order valence-electron chi connectivity index (χ0n) is 17.0. The molecule has 0 aromatic heterocycles. The Morgan fingerprint density at radius 2 is 1.63 bits per heavy atom. The van der Waals surface area contributed by atoms with Crippen LogP contribution in [0.25, 0.3) is 0 Å². The van der Waals surface area contributed by atoms with Gasteiger partial charge in [0.15, 0.2) is 0 Å². The first-order valence-corrected chi connectivity index (χ1v) is 10.6. The summed E-state index contributed by atoms with van der Waals surface area (Å²) in [6, 6.07) is 14.9. The Hall–Kier alpha value is -2.12. The molecule has 0 unspecified atom stereocenters. The van der Waals surface area contributed by atoms with Crippen molar-refractivity contribution >= 4 is 40.7 Å². The highest BCUT2D eigenvalue weighted by atomic mass is 35.5. The summed E-state index contributed by atoms with van der Waals surface area (Å²) in [7, 11) is 1.76. The highest BCUT2D eigenvalue weighted by Gasteiger charge is 2.22. The van der Waals surface area contributed by atoms with Gasteiger partial charge in [0, 0.05) is 37.7 Å². The Labute approximate surface area is 187 Å². The predicted molar refractivity (Wildman–Crippen MR) is 121 cm³/mol. The number of nitrogens with zero attached hydrogens (tertiary/aromatic N) is 3. The van der Waals surface area contributed by atoms with Crippen molar-refractivity contribution < 1.29 is 9.59 Å². The molecule has 1 fully saturated rings. The van der Waals surface area contributed by atoms with E-state index in [0.29, 0.717) is 23.8 Å². The highest BCUT2D eigenvalue weighted by molar-refractivity contribution is 6.33. The van der Waals surface area contributed by atoms with Crippen LogP contribution in [0.3, 0.4) is 0 Å². The van der Waals surface area contributed by atoms with Gasteiger partial charge in [-0.25, -0.2) is 0 Å². The number of para-hydroxylation sites is 1. The third-order valence-corrected chi connectivity index (χ3v) is 5.59. The fourth-order valence-corrected chi connectivity index (χ4v) is 3.70.